The topological polar surface area (TPSA) is 68.0 Å². The molecule has 1 aromatic heterocycles. The van der Waals surface area contributed by atoms with Gasteiger partial charge in [-0.05, 0) is 29.8 Å². The van der Waals surface area contributed by atoms with Crippen molar-refractivity contribution in [2.75, 3.05) is 5.73 Å². The Morgan fingerprint density at radius 3 is 2.94 bits per heavy atom. The minimum atomic E-state index is -0.197. The molecule has 0 aliphatic heterocycles. The number of nitrogens with two attached hydrogens (primary N) is 1. The van der Waals surface area contributed by atoms with Crippen LogP contribution in [0.25, 0.3) is 0 Å². The molecule has 0 saturated carbocycles. The van der Waals surface area contributed by atoms with Gasteiger partial charge in [0.15, 0.2) is 0 Å². The van der Waals surface area contributed by atoms with Crippen LogP contribution < -0.4 is 11.1 Å². The van der Waals surface area contributed by atoms with Crippen LogP contribution in [-0.4, -0.2) is 10.9 Å². The molecule has 18 heavy (non-hydrogen) atoms. The fourth-order valence-electron chi connectivity index (χ4n) is 1.51. The van der Waals surface area contributed by atoms with Crippen LogP contribution in [0.2, 0.25) is 0 Å². The Bertz CT molecular complexity index is 557. The minimum absolute atomic E-state index is 0.197. The first-order chi connectivity index (χ1) is 8.66. The highest BCUT2D eigenvalue weighted by atomic mass is 79.9. The number of carbonyl (C=O) groups is 1. The predicted octanol–water partition coefficient (Wildman–Crippen LogP) is 2.36. The number of rotatable bonds is 3. The molecule has 4 nitrogen and oxygen atoms in total. The summed E-state index contributed by atoms with van der Waals surface area (Å²) in [5, 5.41) is 2.80. The first kappa shape index (κ1) is 12.6. The second-order valence-corrected chi connectivity index (χ2v) is 4.69. The summed E-state index contributed by atoms with van der Waals surface area (Å²) in [5.41, 5.74) is 7.64. The predicted molar refractivity (Wildman–Crippen MR) is 74.0 cm³/mol. The molecule has 0 spiro atoms. The number of nitrogens with one attached hydrogen (secondary N) is 1. The zero-order chi connectivity index (χ0) is 13.0. The molecule has 1 aromatic carbocycles. The Kier molecular flexibility index (Phi) is 3.94. The van der Waals surface area contributed by atoms with E-state index in [0.29, 0.717) is 17.8 Å². The van der Waals surface area contributed by atoms with Crippen molar-refractivity contribution in [2.45, 2.75) is 6.54 Å². The molecular weight excluding hydrogens is 294 g/mol. The highest BCUT2D eigenvalue weighted by molar-refractivity contribution is 9.10. The summed E-state index contributed by atoms with van der Waals surface area (Å²) in [6.07, 6.45) is 3.40. The van der Waals surface area contributed by atoms with Gasteiger partial charge in [0, 0.05) is 29.1 Å². The number of halogens is 1. The second-order valence-electron chi connectivity index (χ2n) is 3.78. The quantitative estimate of drug-likeness (QED) is 0.855. The third kappa shape index (κ3) is 3.07. The molecule has 0 fully saturated rings. The van der Waals surface area contributed by atoms with Gasteiger partial charge < -0.3 is 11.1 Å². The van der Waals surface area contributed by atoms with E-state index in [1.807, 2.05) is 12.1 Å². The first-order valence-corrected chi connectivity index (χ1v) is 6.18. The Balaban J connectivity index is 2.06. The van der Waals surface area contributed by atoms with E-state index in [9.17, 15) is 4.79 Å². The van der Waals surface area contributed by atoms with Gasteiger partial charge in [-0.1, -0.05) is 22.0 Å². The molecule has 0 aliphatic carbocycles. The molecule has 3 N–H and O–H groups in total. The van der Waals surface area contributed by atoms with Crippen molar-refractivity contribution in [2.24, 2.45) is 0 Å². The van der Waals surface area contributed by atoms with E-state index in [4.69, 9.17) is 5.73 Å². The van der Waals surface area contributed by atoms with Gasteiger partial charge in [-0.25, -0.2) is 0 Å². The summed E-state index contributed by atoms with van der Waals surface area (Å²) in [6, 6.07) is 8.93. The van der Waals surface area contributed by atoms with E-state index in [2.05, 4.69) is 26.2 Å². The molecule has 0 atom stereocenters. The van der Waals surface area contributed by atoms with Crippen LogP contribution in [-0.2, 0) is 6.54 Å². The standard InChI is InChI=1S/C13H12BrN3O/c14-10-3-4-12(15)11(6-10)13(18)17-8-9-2-1-5-16-7-9/h1-7H,8,15H2,(H,17,18). The smallest absolute Gasteiger partial charge is 0.253 e. The molecule has 1 amide bonds. The van der Waals surface area contributed by atoms with Crippen LogP contribution in [0, 0.1) is 0 Å². The van der Waals surface area contributed by atoms with E-state index < -0.39 is 0 Å². The fourth-order valence-corrected chi connectivity index (χ4v) is 1.87. The van der Waals surface area contributed by atoms with E-state index in [0.717, 1.165) is 10.0 Å². The van der Waals surface area contributed by atoms with Crippen LogP contribution in [0.3, 0.4) is 0 Å². The van der Waals surface area contributed by atoms with Crippen LogP contribution in [0.1, 0.15) is 15.9 Å². The Morgan fingerprint density at radius 2 is 2.22 bits per heavy atom. The van der Waals surface area contributed by atoms with E-state index in [1.54, 1.807) is 30.6 Å². The largest absolute Gasteiger partial charge is 0.398 e. The van der Waals surface area contributed by atoms with E-state index in [1.165, 1.54) is 0 Å². The number of benzene rings is 1. The summed E-state index contributed by atoms with van der Waals surface area (Å²) in [7, 11) is 0. The van der Waals surface area contributed by atoms with E-state index >= 15 is 0 Å². The Morgan fingerprint density at radius 1 is 1.39 bits per heavy atom. The third-order valence-electron chi connectivity index (χ3n) is 2.44. The minimum Gasteiger partial charge on any atom is -0.398 e. The number of hydrogen-bond acceptors (Lipinski definition) is 3. The molecule has 0 aliphatic rings. The van der Waals surface area contributed by atoms with E-state index in [-0.39, 0.29) is 5.91 Å². The SMILES string of the molecule is Nc1ccc(Br)cc1C(=O)NCc1cccnc1. The summed E-state index contributed by atoms with van der Waals surface area (Å²) >= 11 is 3.32. The first-order valence-electron chi connectivity index (χ1n) is 5.39. The molecule has 92 valence electrons. The van der Waals surface area contributed by atoms with Gasteiger partial charge in [-0.3, -0.25) is 9.78 Å². The van der Waals surface area contributed by atoms with Crippen LogP contribution in [0.15, 0.2) is 47.2 Å². The lowest BCUT2D eigenvalue weighted by Gasteiger charge is -2.07. The van der Waals surface area contributed by atoms with Crippen molar-refractivity contribution in [1.82, 2.24) is 10.3 Å². The van der Waals surface area contributed by atoms with Gasteiger partial charge in [0.1, 0.15) is 0 Å². The normalized spacial score (nSPS) is 10.1. The summed E-state index contributed by atoms with van der Waals surface area (Å²) in [4.78, 5) is 15.9. The van der Waals surface area contributed by atoms with Crippen LogP contribution in [0.4, 0.5) is 5.69 Å². The Labute approximate surface area is 113 Å². The highest BCUT2D eigenvalue weighted by Gasteiger charge is 2.09. The van der Waals surface area contributed by atoms with Gasteiger partial charge in [0.25, 0.3) is 5.91 Å². The maximum absolute atomic E-state index is 12.0. The van der Waals surface area contributed by atoms with Gasteiger partial charge in [0.05, 0.1) is 5.56 Å². The third-order valence-corrected chi connectivity index (χ3v) is 2.93. The van der Waals surface area contributed by atoms with Crippen molar-refractivity contribution < 1.29 is 4.79 Å². The number of carbonyl (C=O) groups excluding carboxylic acids is 1. The van der Waals surface area contributed by atoms with Gasteiger partial charge in [0.2, 0.25) is 0 Å². The average Bonchev–Trinajstić information content (AvgIpc) is 2.40. The van der Waals surface area contributed by atoms with Crippen molar-refractivity contribution in [3.63, 3.8) is 0 Å². The molecule has 0 saturated heterocycles. The lowest BCUT2D eigenvalue weighted by molar-refractivity contribution is 0.0951. The van der Waals surface area contributed by atoms with Gasteiger partial charge in [-0.2, -0.15) is 0 Å². The molecular formula is C13H12BrN3O. The maximum atomic E-state index is 12.0. The second kappa shape index (κ2) is 5.64. The number of nitrogens with zero attached hydrogens (tertiary/aromatic N) is 1. The molecule has 0 radical (unpaired) electrons. The number of pyridine rings is 1. The molecule has 2 aromatic rings. The lowest BCUT2D eigenvalue weighted by Crippen LogP contribution is -2.23. The Hall–Kier alpha value is -1.88. The summed E-state index contributed by atoms with van der Waals surface area (Å²) in [6.45, 7) is 0.429. The summed E-state index contributed by atoms with van der Waals surface area (Å²) < 4.78 is 0.822. The van der Waals surface area contributed by atoms with Crippen molar-refractivity contribution in [3.8, 4) is 0 Å². The van der Waals surface area contributed by atoms with Crippen molar-refractivity contribution in [3.05, 3.63) is 58.3 Å². The van der Waals surface area contributed by atoms with Gasteiger partial charge in [-0.15, -0.1) is 0 Å². The van der Waals surface area contributed by atoms with Crippen molar-refractivity contribution >= 4 is 27.5 Å². The summed E-state index contributed by atoms with van der Waals surface area (Å²) in [5.74, 6) is -0.197. The number of nitrogen functional groups attached to an aromatic ring is 1. The maximum Gasteiger partial charge on any atom is 0.253 e. The molecule has 5 heteroatoms. The number of anilines is 1. The lowest BCUT2D eigenvalue weighted by atomic mass is 10.1. The number of amides is 1. The average molecular weight is 306 g/mol. The number of aromatic nitrogens is 1. The number of hydrogen-bond donors (Lipinski definition) is 2. The van der Waals surface area contributed by atoms with Crippen LogP contribution >= 0.6 is 15.9 Å². The van der Waals surface area contributed by atoms with Crippen LogP contribution in [0.5, 0.6) is 0 Å². The molecule has 2 rings (SSSR count). The molecule has 0 unspecified atom stereocenters. The fraction of sp³-hybridized carbons (Fsp3) is 0.0769. The van der Waals surface area contributed by atoms with Gasteiger partial charge >= 0.3 is 0 Å². The molecule has 1 heterocycles. The van der Waals surface area contributed by atoms with Crippen molar-refractivity contribution in [1.29, 1.82) is 0 Å². The zero-order valence-electron chi connectivity index (χ0n) is 9.56. The monoisotopic (exact) mass is 305 g/mol. The zero-order valence-corrected chi connectivity index (χ0v) is 11.1. The highest BCUT2D eigenvalue weighted by Crippen LogP contribution is 2.18. The molecule has 0 bridgehead atoms.